The summed E-state index contributed by atoms with van der Waals surface area (Å²) in [6.45, 7) is 3.08. The summed E-state index contributed by atoms with van der Waals surface area (Å²) in [4.78, 5) is 12.5. The second-order valence-corrected chi connectivity index (χ2v) is 6.34. The van der Waals surface area contributed by atoms with Gasteiger partial charge >= 0.3 is 6.18 Å². The minimum atomic E-state index is -4.55. The predicted molar refractivity (Wildman–Crippen MR) is 91.9 cm³/mol. The average molecular weight is 361 g/mol. The third kappa shape index (κ3) is 3.57. The van der Waals surface area contributed by atoms with Gasteiger partial charge in [-0.1, -0.05) is 0 Å². The highest BCUT2D eigenvalue weighted by Gasteiger charge is 2.35. The summed E-state index contributed by atoms with van der Waals surface area (Å²) in [5, 5.41) is 8.92. The van der Waals surface area contributed by atoms with Crippen LogP contribution in [0.1, 0.15) is 23.2 Å². The van der Waals surface area contributed by atoms with Gasteiger partial charge in [0.2, 0.25) is 5.95 Å². The summed E-state index contributed by atoms with van der Waals surface area (Å²) in [5.74, 6) is 0.604. The van der Waals surface area contributed by atoms with Gasteiger partial charge in [-0.2, -0.15) is 18.4 Å². The number of aromatic nitrogens is 2. The van der Waals surface area contributed by atoms with Crippen LogP contribution in [0.2, 0.25) is 0 Å². The minimum absolute atomic E-state index is 0.0989. The highest BCUT2D eigenvalue weighted by atomic mass is 19.4. The van der Waals surface area contributed by atoms with E-state index < -0.39 is 11.7 Å². The topological polar surface area (TPSA) is 56.1 Å². The lowest BCUT2D eigenvalue weighted by atomic mass is 10.1. The molecule has 8 heteroatoms. The summed E-state index contributed by atoms with van der Waals surface area (Å²) in [7, 11) is 1.89. The standard InChI is InChI=1S/C18H18F3N5/c1-12-5-7-23-17(24-12)25(2)15-6-8-26(11-15)14-4-3-13(10-22)16(9-14)18(19,20)21/h3-5,7,9,15H,6,8,11H2,1-2H3. The maximum Gasteiger partial charge on any atom is 0.417 e. The first-order valence-electron chi connectivity index (χ1n) is 8.18. The summed E-state index contributed by atoms with van der Waals surface area (Å²) >= 11 is 0. The monoisotopic (exact) mass is 361 g/mol. The Morgan fingerprint density at radius 2 is 2.08 bits per heavy atom. The normalized spacial score (nSPS) is 17.2. The molecular formula is C18H18F3N5. The number of rotatable bonds is 3. The zero-order chi connectivity index (χ0) is 18.9. The van der Waals surface area contributed by atoms with Crippen molar-refractivity contribution >= 4 is 11.6 Å². The van der Waals surface area contributed by atoms with Crippen molar-refractivity contribution in [3.63, 3.8) is 0 Å². The molecule has 3 rings (SSSR count). The quantitative estimate of drug-likeness (QED) is 0.839. The summed E-state index contributed by atoms with van der Waals surface area (Å²) in [6.07, 6.45) is -2.07. The molecule has 136 valence electrons. The van der Waals surface area contributed by atoms with Crippen LogP contribution in [-0.4, -0.2) is 36.1 Å². The zero-order valence-corrected chi connectivity index (χ0v) is 14.5. The third-order valence-corrected chi connectivity index (χ3v) is 4.60. The number of nitrogens with zero attached hydrogens (tertiary/aromatic N) is 5. The van der Waals surface area contributed by atoms with E-state index in [1.807, 2.05) is 29.8 Å². The first kappa shape index (κ1) is 18.0. The number of anilines is 2. The Balaban J connectivity index is 1.80. The van der Waals surface area contributed by atoms with Crippen molar-refractivity contribution in [2.45, 2.75) is 25.6 Å². The maximum atomic E-state index is 13.2. The van der Waals surface area contributed by atoms with E-state index in [-0.39, 0.29) is 11.6 Å². The number of hydrogen-bond acceptors (Lipinski definition) is 5. The van der Waals surface area contributed by atoms with Crippen molar-refractivity contribution in [1.29, 1.82) is 5.26 Å². The van der Waals surface area contributed by atoms with E-state index in [2.05, 4.69) is 9.97 Å². The smallest absolute Gasteiger partial charge is 0.369 e. The maximum absolute atomic E-state index is 13.2. The number of hydrogen-bond donors (Lipinski definition) is 0. The van der Waals surface area contributed by atoms with Crippen LogP contribution in [-0.2, 0) is 6.18 Å². The van der Waals surface area contributed by atoms with Crippen LogP contribution in [0.5, 0.6) is 0 Å². The lowest BCUT2D eigenvalue weighted by molar-refractivity contribution is -0.137. The van der Waals surface area contributed by atoms with Crippen LogP contribution in [0.15, 0.2) is 30.5 Å². The molecule has 0 aliphatic carbocycles. The molecule has 0 saturated carbocycles. The van der Waals surface area contributed by atoms with Gasteiger partial charge < -0.3 is 9.80 Å². The summed E-state index contributed by atoms with van der Waals surface area (Å²) < 4.78 is 39.5. The minimum Gasteiger partial charge on any atom is -0.369 e. The van der Waals surface area contributed by atoms with Crippen LogP contribution in [0.25, 0.3) is 0 Å². The third-order valence-electron chi connectivity index (χ3n) is 4.60. The van der Waals surface area contributed by atoms with E-state index in [9.17, 15) is 13.2 Å². The Hall–Kier alpha value is -2.82. The van der Waals surface area contributed by atoms with E-state index in [0.29, 0.717) is 24.7 Å². The molecule has 1 fully saturated rings. The van der Waals surface area contributed by atoms with Gasteiger partial charge in [0.15, 0.2) is 0 Å². The lowest BCUT2D eigenvalue weighted by Crippen LogP contribution is -2.35. The molecule has 2 heterocycles. The van der Waals surface area contributed by atoms with Gasteiger partial charge in [-0.25, -0.2) is 9.97 Å². The molecule has 0 radical (unpaired) electrons. The van der Waals surface area contributed by atoms with Crippen molar-refractivity contribution in [2.75, 3.05) is 29.9 Å². The summed E-state index contributed by atoms with van der Waals surface area (Å²) in [5.41, 5.74) is 0.0783. The van der Waals surface area contributed by atoms with Crippen molar-refractivity contribution in [1.82, 2.24) is 9.97 Å². The van der Waals surface area contributed by atoms with E-state index >= 15 is 0 Å². The van der Waals surface area contributed by atoms with Crippen molar-refractivity contribution < 1.29 is 13.2 Å². The van der Waals surface area contributed by atoms with Crippen LogP contribution in [0.3, 0.4) is 0 Å². The molecule has 2 aromatic rings. The van der Waals surface area contributed by atoms with Gasteiger partial charge in [-0.15, -0.1) is 0 Å². The highest BCUT2D eigenvalue weighted by molar-refractivity contribution is 5.56. The Labute approximate surface area is 149 Å². The number of aryl methyl sites for hydroxylation is 1. The van der Waals surface area contributed by atoms with Crippen LogP contribution in [0, 0.1) is 18.3 Å². The predicted octanol–water partition coefficient (Wildman–Crippen LogP) is 3.39. The molecule has 5 nitrogen and oxygen atoms in total. The van der Waals surface area contributed by atoms with Crippen molar-refractivity contribution in [2.24, 2.45) is 0 Å². The number of likely N-dealkylation sites (N-methyl/N-ethyl adjacent to an activating group) is 1. The van der Waals surface area contributed by atoms with Crippen LogP contribution < -0.4 is 9.80 Å². The first-order valence-corrected chi connectivity index (χ1v) is 8.18. The van der Waals surface area contributed by atoms with E-state index in [1.54, 1.807) is 18.3 Å². The molecule has 0 amide bonds. The Kier molecular flexibility index (Phi) is 4.72. The van der Waals surface area contributed by atoms with Crippen molar-refractivity contribution in [3.8, 4) is 6.07 Å². The molecule has 1 aliphatic heterocycles. The van der Waals surface area contributed by atoms with Crippen LogP contribution >= 0.6 is 0 Å². The number of nitriles is 1. The number of alkyl halides is 3. The fraction of sp³-hybridized carbons (Fsp3) is 0.389. The molecule has 0 bridgehead atoms. The van der Waals surface area contributed by atoms with Gasteiger partial charge in [-0.3, -0.25) is 0 Å². The second-order valence-electron chi connectivity index (χ2n) is 6.34. The zero-order valence-electron chi connectivity index (χ0n) is 14.5. The largest absolute Gasteiger partial charge is 0.417 e. The average Bonchev–Trinajstić information content (AvgIpc) is 3.10. The van der Waals surface area contributed by atoms with Gasteiger partial charge in [0, 0.05) is 37.7 Å². The molecule has 1 atom stereocenters. The van der Waals surface area contributed by atoms with Gasteiger partial charge in [0.05, 0.1) is 23.2 Å². The molecule has 1 unspecified atom stereocenters. The fourth-order valence-corrected chi connectivity index (χ4v) is 3.12. The Morgan fingerprint density at radius 3 is 2.73 bits per heavy atom. The number of benzene rings is 1. The molecular weight excluding hydrogens is 343 g/mol. The Morgan fingerprint density at radius 1 is 1.31 bits per heavy atom. The van der Waals surface area contributed by atoms with Crippen molar-refractivity contribution in [3.05, 3.63) is 47.3 Å². The molecule has 1 aromatic carbocycles. The summed E-state index contributed by atoms with van der Waals surface area (Å²) in [6, 6.07) is 7.39. The highest BCUT2D eigenvalue weighted by Crippen LogP contribution is 2.35. The lowest BCUT2D eigenvalue weighted by Gasteiger charge is -2.26. The number of halogens is 3. The second kappa shape index (κ2) is 6.83. The molecule has 0 N–H and O–H groups in total. The molecule has 1 saturated heterocycles. The Bertz CT molecular complexity index is 843. The van der Waals surface area contributed by atoms with Gasteiger partial charge in [-0.05, 0) is 37.6 Å². The molecule has 0 spiro atoms. The van der Waals surface area contributed by atoms with E-state index in [4.69, 9.17) is 5.26 Å². The molecule has 1 aliphatic rings. The fourth-order valence-electron chi connectivity index (χ4n) is 3.12. The van der Waals surface area contributed by atoms with E-state index in [1.165, 1.54) is 6.07 Å². The van der Waals surface area contributed by atoms with E-state index in [0.717, 1.165) is 18.2 Å². The van der Waals surface area contributed by atoms with Gasteiger partial charge in [0.25, 0.3) is 0 Å². The van der Waals surface area contributed by atoms with Crippen LogP contribution in [0.4, 0.5) is 24.8 Å². The molecule has 26 heavy (non-hydrogen) atoms. The first-order chi connectivity index (χ1) is 12.3. The molecule has 1 aromatic heterocycles. The van der Waals surface area contributed by atoms with Gasteiger partial charge in [0.1, 0.15) is 0 Å². The SMILES string of the molecule is Cc1ccnc(N(C)C2CCN(c3ccc(C#N)c(C(F)(F)F)c3)C2)n1.